The lowest BCUT2D eigenvalue weighted by Gasteiger charge is -2.34. The van der Waals surface area contributed by atoms with Crippen LogP contribution in [-0.4, -0.2) is 73.1 Å². The molecule has 2 aliphatic rings. The van der Waals surface area contributed by atoms with Gasteiger partial charge < -0.3 is 20.0 Å². The summed E-state index contributed by atoms with van der Waals surface area (Å²) in [5, 5.41) is 2.93. The first kappa shape index (κ1) is 22.1. The van der Waals surface area contributed by atoms with E-state index in [9.17, 15) is 9.18 Å². The van der Waals surface area contributed by atoms with Crippen molar-refractivity contribution in [2.45, 2.75) is 25.3 Å². The van der Waals surface area contributed by atoms with Gasteiger partial charge in [-0.25, -0.2) is 9.18 Å². The van der Waals surface area contributed by atoms with Gasteiger partial charge in [-0.2, -0.15) is 0 Å². The molecule has 2 amide bonds. The first-order valence-electron chi connectivity index (χ1n) is 11.0. The summed E-state index contributed by atoms with van der Waals surface area (Å²) >= 11 is 5.90. The number of nitrogens with zero attached hydrogens (tertiary/aromatic N) is 3. The fourth-order valence-electron chi connectivity index (χ4n) is 4.51. The second-order valence-corrected chi connectivity index (χ2v) is 8.99. The summed E-state index contributed by atoms with van der Waals surface area (Å²) in [6.45, 7) is 6.00. The molecule has 2 aromatic carbocycles. The Kier molecular flexibility index (Phi) is 7.10. The lowest BCUT2D eigenvalue weighted by Crippen LogP contribution is -2.47. The third kappa shape index (κ3) is 5.56. The first-order valence-corrected chi connectivity index (χ1v) is 11.4. The number of fused-ring (bicyclic) bond motifs is 1. The number of amides is 2. The number of halogens is 2. The van der Waals surface area contributed by atoms with E-state index in [-0.39, 0.29) is 17.1 Å². The molecule has 0 aromatic heterocycles. The highest BCUT2D eigenvalue weighted by Crippen LogP contribution is 2.27. The summed E-state index contributed by atoms with van der Waals surface area (Å²) in [5.41, 5.74) is 3.14. The number of hydrogen-bond donors (Lipinski definition) is 1. The van der Waals surface area contributed by atoms with Crippen LogP contribution in [0.2, 0.25) is 5.02 Å². The molecule has 166 valence electrons. The molecule has 1 saturated heterocycles. The van der Waals surface area contributed by atoms with Crippen molar-refractivity contribution >= 4 is 23.3 Å². The van der Waals surface area contributed by atoms with Crippen LogP contribution in [0.5, 0.6) is 0 Å². The smallest absolute Gasteiger partial charge is 0.321 e. The highest BCUT2D eigenvalue weighted by Gasteiger charge is 2.30. The first-order chi connectivity index (χ1) is 15.0. The van der Waals surface area contributed by atoms with Gasteiger partial charge >= 0.3 is 6.03 Å². The molecule has 2 aromatic rings. The molecule has 0 bridgehead atoms. The van der Waals surface area contributed by atoms with E-state index in [1.807, 2.05) is 4.90 Å². The quantitative estimate of drug-likeness (QED) is 0.728. The maximum atomic E-state index is 13.5. The summed E-state index contributed by atoms with van der Waals surface area (Å²) in [6.07, 6.45) is 2.65. The number of benzene rings is 2. The number of anilines is 1. The van der Waals surface area contributed by atoms with Crippen molar-refractivity contribution in [3.05, 3.63) is 64.4 Å². The van der Waals surface area contributed by atoms with Crippen molar-refractivity contribution in [2.24, 2.45) is 0 Å². The molecule has 0 spiro atoms. The largest absolute Gasteiger partial charge is 0.322 e. The van der Waals surface area contributed by atoms with Crippen LogP contribution >= 0.6 is 11.6 Å². The number of hydrogen-bond acceptors (Lipinski definition) is 3. The fourth-order valence-corrected chi connectivity index (χ4v) is 4.69. The van der Waals surface area contributed by atoms with Crippen LogP contribution < -0.4 is 5.32 Å². The van der Waals surface area contributed by atoms with E-state index in [2.05, 4.69) is 46.4 Å². The summed E-state index contributed by atoms with van der Waals surface area (Å²) in [6, 6.07) is 12.7. The van der Waals surface area contributed by atoms with Crippen LogP contribution in [0.4, 0.5) is 14.9 Å². The molecule has 1 N–H and O–H groups in total. The molecule has 0 unspecified atom stereocenters. The Morgan fingerprint density at radius 2 is 1.81 bits per heavy atom. The van der Waals surface area contributed by atoms with Gasteiger partial charge in [-0.3, -0.25) is 0 Å². The summed E-state index contributed by atoms with van der Waals surface area (Å²) in [4.78, 5) is 20.0. The number of likely N-dealkylation sites (N-methyl/N-ethyl adjacent to an activating group) is 1. The van der Waals surface area contributed by atoms with Gasteiger partial charge in [0.1, 0.15) is 5.82 Å². The Balaban J connectivity index is 1.41. The summed E-state index contributed by atoms with van der Waals surface area (Å²) in [5.74, 6) is -0.491. The zero-order chi connectivity index (χ0) is 21.8. The second kappa shape index (κ2) is 9.98. The maximum absolute atomic E-state index is 13.5. The number of piperazine rings is 1. The van der Waals surface area contributed by atoms with Crippen molar-refractivity contribution in [1.82, 2.24) is 14.7 Å². The van der Waals surface area contributed by atoms with Crippen LogP contribution in [-0.2, 0) is 12.8 Å². The lowest BCUT2D eigenvalue weighted by molar-refractivity contribution is 0.143. The average molecular weight is 445 g/mol. The van der Waals surface area contributed by atoms with Gasteiger partial charge in [-0.05, 0) is 62.2 Å². The second-order valence-electron chi connectivity index (χ2n) is 8.58. The van der Waals surface area contributed by atoms with Crippen LogP contribution in [0.15, 0.2) is 42.5 Å². The van der Waals surface area contributed by atoms with Crippen LogP contribution in [0.1, 0.15) is 17.5 Å². The van der Waals surface area contributed by atoms with Crippen molar-refractivity contribution < 1.29 is 9.18 Å². The minimum Gasteiger partial charge on any atom is -0.321 e. The van der Waals surface area contributed by atoms with Gasteiger partial charge in [0.2, 0.25) is 0 Å². The molecule has 1 aliphatic carbocycles. The number of urea groups is 1. The molecule has 7 heteroatoms. The molecule has 31 heavy (non-hydrogen) atoms. The molecule has 0 radical (unpaired) electrons. The van der Waals surface area contributed by atoms with Gasteiger partial charge in [0.15, 0.2) is 0 Å². The molecule has 1 aliphatic heterocycles. The Hall–Kier alpha value is -2.15. The van der Waals surface area contributed by atoms with Gasteiger partial charge in [0.25, 0.3) is 0 Å². The third-order valence-corrected chi connectivity index (χ3v) is 6.66. The molecule has 4 rings (SSSR count). The van der Waals surface area contributed by atoms with Crippen molar-refractivity contribution in [1.29, 1.82) is 0 Å². The molecule has 0 atom stereocenters. The van der Waals surface area contributed by atoms with E-state index in [1.165, 1.54) is 23.3 Å². The predicted molar refractivity (Wildman–Crippen MR) is 123 cm³/mol. The van der Waals surface area contributed by atoms with Gasteiger partial charge in [-0.1, -0.05) is 35.9 Å². The molecular weight excluding hydrogens is 415 g/mol. The van der Waals surface area contributed by atoms with Crippen LogP contribution in [0, 0.1) is 5.82 Å². The minimum absolute atomic E-state index is 0.00712. The van der Waals surface area contributed by atoms with Gasteiger partial charge in [0, 0.05) is 44.5 Å². The van der Waals surface area contributed by atoms with Crippen molar-refractivity contribution in [3.8, 4) is 0 Å². The van der Waals surface area contributed by atoms with E-state index < -0.39 is 5.82 Å². The normalized spacial score (nSPS) is 17.5. The summed E-state index contributed by atoms with van der Waals surface area (Å²) < 4.78 is 13.5. The van der Waals surface area contributed by atoms with Crippen LogP contribution in [0.3, 0.4) is 0 Å². The zero-order valence-corrected chi connectivity index (χ0v) is 18.7. The number of carbonyl (C=O) groups excluding carboxylic acids is 1. The van der Waals surface area contributed by atoms with Gasteiger partial charge in [-0.15, -0.1) is 0 Å². The monoisotopic (exact) mass is 444 g/mol. The van der Waals surface area contributed by atoms with Crippen LogP contribution in [0.25, 0.3) is 0 Å². The van der Waals surface area contributed by atoms with Gasteiger partial charge in [0.05, 0.1) is 5.02 Å². The minimum atomic E-state index is -0.491. The van der Waals surface area contributed by atoms with E-state index in [0.717, 1.165) is 52.0 Å². The highest BCUT2D eigenvalue weighted by atomic mass is 35.5. The van der Waals surface area contributed by atoms with E-state index >= 15 is 0 Å². The Bertz CT molecular complexity index is 891. The standard InChI is InChI=1S/C24H30ClFN4O/c1-28-11-13-29(14-12-28)9-4-10-30(21-15-18-5-2-3-6-19(18)16-21)24(31)27-20-7-8-23(26)22(25)17-20/h2-3,5-8,17,21H,4,9-16H2,1H3,(H,27,31). The lowest BCUT2D eigenvalue weighted by atomic mass is 10.1. The Morgan fingerprint density at radius 1 is 1.13 bits per heavy atom. The number of carbonyl (C=O) groups is 1. The average Bonchev–Trinajstić information content (AvgIpc) is 3.19. The predicted octanol–water partition coefficient (Wildman–Crippen LogP) is 4.12. The Labute approximate surface area is 188 Å². The topological polar surface area (TPSA) is 38.8 Å². The van der Waals surface area contributed by atoms with E-state index in [0.29, 0.717) is 12.2 Å². The van der Waals surface area contributed by atoms with Crippen molar-refractivity contribution in [3.63, 3.8) is 0 Å². The number of nitrogens with one attached hydrogen (secondary N) is 1. The third-order valence-electron chi connectivity index (χ3n) is 6.37. The highest BCUT2D eigenvalue weighted by molar-refractivity contribution is 6.31. The number of rotatable bonds is 6. The van der Waals surface area contributed by atoms with E-state index in [1.54, 1.807) is 6.07 Å². The van der Waals surface area contributed by atoms with E-state index in [4.69, 9.17) is 11.6 Å². The zero-order valence-electron chi connectivity index (χ0n) is 18.0. The fraction of sp³-hybridized carbons (Fsp3) is 0.458. The molecular formula is C24H30ClFN4O. The molecule has 1 heterocycles. The molecule has 1 fully saturated rings. The molecule has 5 nitrogen and oxygen atoms in total. The Morgan fingerprint density at radius 3 is 2.45 bits per heavy atom. The van der Waals surface area contributed by atoms with Crippen molar-refractivity contribution in [2.75, 3.05) is 51.6 Å². The SMILES string of the molecule is CN1CCN(CCCN(C(=O)Nc2ccc(F)c(Cl)c2)C2Cc3ccccc3C2)CC1. The molecule has 0 saturated carbocycles. The maximum Gasteiger partial charge on any atom is 0.322 e. The summed E-state index contributed by atoms with van der Waals surface area (Å²) in [7, 11) is 2.16.